The molecule has 6 heteroatoms. The van der Waals surface area contributed by atoms with Gasteiger partial charge in [-0.05, 0) is 30.7 Å². The van der Waals surface area contributed by atoms with E-state index in [2.05, 4.69) is 4.74 Å². The topological polar surface area (TPSA) is 35.2 Å². The van der Waals surface area contributed by atoms with Crippen molar-refractivity contribution in [3.05, 3.63) is 47.0 Å². The standard InChI is InChI=1S/C14H11ClF3NO/c1-8-6-9(19)7-11(15)13(8)10-4-2-3-5-12(10)20-14(16,17)18/h2-7H,19H2,1H3. The largest absolute Gasteiger partial charge is 0.573 e. The molecule has 0 amide bonds. The Kier molecular flexibility index (Phi) is 3.81. The van der Waals surface area contributed by atoms with Crippen molar-refractivity contribution < 1.29 is 17.9 Å². The fourth-order valence-electron chi connectivity index (χ4n) is 2.00. The van der Waals surface area contributed by atoms with Gasteiger partial charge in [0.05, 0.1) is 5.02 Å². The molecule has 2 aromatic carbocycles. The monoisotopic (exact) mass is 301 g/mol. The van der Waals surface area contributed by atoms with Crippen molar-refractivity contribution >= 4 is 17.3 Å². The summed E-state index contributed by atoms with van der Waals surface area (Å²) in [6.45, 7) is 1.72. The van der Waals surface area contributed by atoms with Crippen LogP contribution in [0.15, 0.2) is 36.4 Å². The Morgan fingerprint density at radius 1 is 1.15 bits per heavy atom. The van der Waals surface area contributed by atoms with Gasteiger partial charge in [-0.2, -0.15) is 0 Å². The smallest absolute Gasteiger partial charge is 0.405 e. The molecule has 0 fully saturated rings. The summed E-state index contributed by atoms with van der Waals surface area (Å²) in [5, 5.41) is 0.278. The molecule has 2 rings (SSSR count). The van der Waals surface area contributed by atoms with Crippen LogP contribution in [0.2, 0.25) is 5.02 Å². The zero-order valence-corrected chi connectivity index (χ0v) is 11.2. The average Bonchev–Trinajstić information content (AvgIpc) is 2.28. The van der Waals surface area contributed by atoms with Gasteiger partial charge in [0.2, 0.25) is 0 Å². The van der Waals surface area contributed by atoms with Crippen LogP contribution in [0.1, 0.15) is 5.56 Å². The highest BCUT2D eigenvalue weighted by atomic mass is 35.5. The predicted molar refractivity (Wildman–Crippen MR) is 72.7 cm³/mol. The Hall–Kier alpha value is -1.88. The number of anilines is 1. The molecule has 0 unspecified atom stereocenters. The molecule has 0 spiro atoms. The minimum absolute atomic E-state index is 0.271. The zero-order chi connectivity index (χ0) is 14.9. The predicted octanol–water partition coefficient (Wildman–Crippen LogP) is 4.80. The van der Waals surface area contributed by atoms with E-state index >= 15 is 0 Å². The number of rotatable bonds is 2. The summed E-state index contributed by atoms with van der Waals surface area (Å²) < 4.78 is 41.3. The van der Waals surface area contributed by atoms with E-state index in [1.165, 1.54) is 24.3 Å². The second kappa shape index (κ2) is 5.25. The molecule has 0 bridgehead atoms. The number of para-hydroxylation sites is 1. The molecular weight excluding hydrogens is 291 g/mol. The van der Waals surface area contributed by atoms with Crippen LogP contribution in [0, 0.1) is 6.92 Å². The summed E-state index contributed by atoms with van der Waals surface area (Å²) in [6, 6.07) is 8.98. The average molecular weight is 302 g/mol. The number of nitrogen functional groups attached to an aromatic ring is 1. The maximum Gasteiger partial charge on any atom is 0.573 e. The van der Waals surface area contributed by atoms with Gasteiger partial charge >= 0.3 is 6.36 Å². The lowest BCUT2D eigenvalue weighted by Crippen LogP contribution is -2.17. The van der Waals surface area contributed by atoms with Crippen LogP contribution in [0.5, 0.6) is 5.75 Å². The van der Waals surface area contributed by atoms with Gasteiger partial charge in [-0.1, -0.05) is 29.8 Å². The first kappa shape index (κ1) is 14.5. The van der Waals surface area contributed by atoms with Crippen molar-refractivity contribution in [1.29, 1.82) is 0 Å². The summed E-state index contributed by atoms with van der Waals surface area (Å²) in [5.74, 6) is -0.297. The fraction of sp³-hybridized carbons (Fsp3) is 0.143. The lowest BCUT2D eigenvalue weighted by Gasteiger charge is -2.16. The Labute approximate surface area is 118 Å². The second-order valence-corrected chi connectivity index (χ2v) is 4.65. The van der Waals surface area contributed by atoms with Crippen LogP contribution in [-0.2, 0) is 0 Å². The Morgan fingerprint density at radius 3 is 2.40 bits per heavy atom. The van der Waals surface area contributed by atoms with Gasteiger partial charge in [-0.15, -0.1) is 13.2 Å². The first-order valence-corrected chi connectivity index (χ1v) is 6.06. The maximum absolute atomic E-state index is 12.4. The Morgan fingerprint density at radius 2 is 1.80 bits per heavy atom. The van der Waals surface area contributed by atoms with Gasteiger partial charge in [-0.3, -0.25) is 0 Å². The van der Waals surface area contributed by atoms with Crippen molar-refractivity contribution in [2.24, 2.45) is 0 Å². The van der Waals surface area contributed by atoms with E-state index in [9.17, 15) is 13.2 Å². The van der Waals surface area contributed by atoms with Crippen LogP contribution in [0.4, 0.5) is 18.9 Å². The van der Waals surface area contributed by atoms with E-state index in [4.69, 9.17) is 17.3 Å². The lowest BCUT2D eigenvalue weighted by atomic mass is 9.99. The highest BCUT2D eigenvalue weighted by Gasteiger charge is 2.32. The van der Waals surface area contributed by atoms with Gasteiger partial charge in [0.1, 0.15) is 5.75 Å². The number of ether oxygens (including phenoxy) is 1. The molecule has 0 saturated heterocycles. The highest BCUT2D eigenvalue weighted by Crippen LogP contribution is 2.39. The minimum Gasteiger partial charge on any atom is -0.405 e. The van der Waals surface area contributed by atoms with E-state index in [-0.39, 0.29) is 16.3 Å². The molecule has 2 aromatic rings. The molecule has 2 N–H and O–H groups in total. The molecule has 0 saturated carbocycles. The number of aryl methyl sites for hydroxylation is 1. The highest BCUT2D eigenvalue weighted by molar-refractivity contribution is 6.34. The molecule has 2 nitrogen and oxygen atoms in total. The normalized spacial score (nSPS) is 11.4. The Bertz CT molecular complexity index is 618. The quantitative estimate of drug-likeness (QED) is 0.809. The van der Waals surface area contributed by atoms with Crippen molar-refractivity contribution in [3.63, 3.8) is 0 Å². The van der Waals surface area contributed by atoms with E-state index < -0.39 is 6.36 Å². The van der Waals surface area contributed by atoms with Gasteiger partial charge in [0, 0.05) is 16.8 Å². The Balaban J connectivity index is 2.59. The number of benzene rings is 2. The second-order valence-electron chi connectivity index (χ2n) is 4.24. The number of halogens is 4. The van der Waals surface area contributed by atoms with Crippen LogP contribution in [0.25, 0.3) is 11.1 Å². The first-order chi connectivity index (χ1) is 9.28. The molecule has 0 aliphatic rings. The summed E-state index contributed by atoms with van der Waals surface area (Å²) in [6.07, 6.45) is -4.76. The van der Waals surface area contributed by atoms with Crippen molar-refractivity contribution in [3.8, 4) is 16.9 Å². The minimum atomic E-state index is -4.76. The van der Waals surface area contributed by atoms with Crippen molar-refractivity contribution in [2.45, 2.75) is 13.3 Å². The maximum atomic E-state index is 12.4. The van der Waals surface area contributed by atoms with Crippen LogP contribution < -0.4 is 10.5 Å². The molecule has 0 aromatic heterocycles. The molecule has 106 valence electrons. The number of nitrogens with two attached hydrogens (primary N) is 1. The molecule has 0 aliphatic heterocycles. The van der Waals surface area contributed by atoms with E-state index in [0.717, 1.165) is 0 Å². The third-order valence-corrected chi connectivity index (χ3v) is 2.99. The van der Waals surface area contributed by atoms with Crippen molar-refractivity contribution in [2.75, 3.05) is 5.73 Å². The SMILES string of the molecule is Cc1cc(N)cc(Cl)c1-c1ccccc1OC(F)(F)F. The van der Waals surface area contributed by atoms with E-state index in [1.807, 2.05) is 0 Å². The summed E-state index contributed by atoms with van der Waals surface area (Å²) >= 11 is 6.10. The van der Waals surface area contributed by atoms with E-state index in [1.54, 1.807) is 19.1 Å². The molecule has 20 heavy (non-hydrogen) atoms. The van der Waals surface area contributed by atoms with Crippen molar-refractivity contribution in [1.82, 2.24) is 0 Å². The van der Waals surface area contributed by atoms with Gasteiger partial charge in [0.25, 0.3) is 0 Å². The summed E-state index contributed by atoms with van der Waals surface area (Å²) in [4.78, 5) is 0. The lowest BCUT2D eigenvalue weighted by molar-refractivity contribution is -0.274. The van der Waals surface area contributed by atoms with Gasteiger partial charge < -0.3 is 10.5 Å². The summed E-state index contributed by atoms with van der Waals surface area (Å²) in [5.41, 5.74) is 7.52. The number of alkyl halides is 3. The zero-order valence-electron chi connectivity index (χ0n) is 10.5. The van der Waals surface area contributed by atoms with Crippen LogP contribution >= 0.6 is 11.6 Å². The van der Waals surface area contributed by atoms with Gasteiger partial charge in [0.15, 0.2) is 0 Å². The first-order valence-electron chi connectivity index (χ1n) is 5.68. The van der Waals surface area contributed by atoms with E-state index in [0.29, 0.717) is 16.8 Å². The summed E-state index contributed by atoms with van der Waals surface area (Å²) in [7, 11) is 0. The molecular formula is C14H11ClF3NO. The van der Waals surface area contributed by atoms with Gasteiger partial charge in [-0.25, -0.2) is 0 Å². The third kappa shape index (κ3) is 3.17. The molecule has 0 aliphatic carbocycles. The van der Waals surface area contributed by atoms with Crippen LogP contribution in [0.3, 0.4) is 0 Å². The fourth-order valence-corrected chi connectivity index (χ4v) is 2.38. The number of hydrogen-bond acceptors (Lipinski definition) is 2. The molecule has 0 radical (unpaired) electrons. The van der Waals surface area contributed by atoms with Crippen LogP contribution in [-0.4, -0.2) is 6.36 Å². The molecule has 0 heterocycles. The molecule has 0 atom stereocenters. The number of hydrogen-bond donors (Lipinski definition) is 1. The third-order valence-electron chi connectivity index (χ3n) is 2.69.